The number of aliphatic carboxylic acids is 1. The van der Waals surface area contributed by atoms with E-state index in [2.05, 4.69) is 4.90 Å². The SMILES string of the molecule is O=C(O)C1CCC(CN2CC3(CCCCCC3)C2)CC1. The zero-order chi connectivity index (χ0) is 14.0. The van der Waals surface area contributed by atoms with Gasteiger partial charge in [0.25, 0.3) is 0 Å². The Morgan fingerprint density at radius 3 is 2.15 bits per heavy atom. The number of nitrogens with zero attached hydrogens (tertiary/aromatic N) is 1. The number of carboxylic acid groups (broad SMARTS) is 1. The molecule has 20 heavy (non-hydrogen) atoms. The lowest BCUT2D eigenvalue weighted by Gasteiger charge is -2.52. The summed E-state index contributed by atoms with van der Waals surface area (Å²) in [6.07, 6.45) is 12.7. The Morgan fingerprint density at radius 2 is 1.60 bits per heavy atom. The second kappa shape index (κ2) is 6.05. The molecule has 1 heterocycles. The Hall–Kier alpha value is -0.570. The van der Waals surface area contributed by atoms with Crippen LogP contribution in [0.25, 0.3) is 0 Å². The second-order valence-corrected chi connectivity index (χ2v) is 7.64. The van der Waals surface area contributed by atoms with E-state index in [0.29, 0.717) is 5.41 Å². The molecule has 3 heteroatoms. The first-order valence-electron chi connectivity index (χ1n) is 8.62. The van der Waals surface area contributed by atoms with Crippen LogP contribution < -0.4 is 0 Å². The minimum atomic E-state index is -0.579. The topological polar surface area (TPSA) is 40.5 Å². The van der Waals surface area contributed by atoms with Crippen LogP contribution in [0.2, 0.25) is 0 Å². The fourth-order valence-corrected chi connectivity index (χ4v) is 4.78. The number of hydrogen-bond donors (Lipinski definition) is 1. The van der Waals surface area contributed by atoms with Crippen LogP contribution in [-0.4, -0.2) is 35.6 Å². The molecule has 0 amide bonds. The maximum atomic E-state index is 11.0. The molecule has 114 valence electrons. The Labute approximate surface area is 122 Å². The summed E-state index contributed by atoms with van der Waals surface area (Å²) in [5.74, 6) is 0.120. The Morgan fingerprint density at radius 1 is 1.00 bits per heavy atom. The highest BCUT2D eigenvalue weighted by Crippen LogP contribution is 2.43. The number of rotatable bonds is 3. The molecule has 0 aromatic heterocycles. The molecule has 1 saturated heterocycles. The first-order valence-corrected chi connectivity index (χ1v) is 8.62. The van der Waals surface area contributed by atoms with Crippen molar-refractivity contribution in [2.45, 2.75) is 64.2 Å². The average Bonchev–Trinajstić information content (AvgIpc) is 2.65. The molecule has 0 unspecified atom stereocenters. The monoisotopic (exact) mass is 279 g/mol. The van der Waals surface area contributed by atoms with Gasteiger partial charge in [-0.2, -0.15) is 0 Å². The fourth-order valence-electron chi connectivity index (χ4n) is 4.78. The summed E-state index contributed by atoms with van der Waals surface area (Å²) in [4.78, 5) is 13.6. The summed E-state index contributed by atoms with van der Waals surface area (Å²) in [6.45, 7) is 3.88. The van der Waals surface area contributed by atoms with Crippen LogP contribution in [0.5, 0.6) is 0 Å². The van der Waals surface area contributed by atoms with Gasteiger partial charge in [0.05, 0.1) is 5.92 Å². The van der Waals surface area contributed by atoms with Crippen molar-refractivity contribution < 1.29 is 9.90 Å². The van der Waals surface area contributed by atoms with Crippen molar-refractivity contribution in [3.63, 3.8) is 0 Å². The lowest BCUT2D eigenvalue weighted by molar-refractivity contribution is -0.143. The van der Waals surface area contributed by atoms with Crippen molar-refractivity contribution in [1.82, 2.24) is 4.90 Å². The van der Waals surface area contributed by atoms with Crippen LogP contribution in [0.1, 0.15) is 64.2 Å². The molecule has 2 saturated carbocycles. The number of hydrogen-bond acceptors (Lipinski definition) is 2. The van der Waals surface area contributed by atoms with Crippen molar-refractivity contribution >= 4 is 5.97 Å². The standard InChI is InChI=1S/C17H29NO2/c19-16(20)15-7-5-14(6-8-15)11-18-12-17(13-18)9-3-1-2-4-10-17/h14-15H,1-13H2,(H,19,20). The Kier molecular flexibility index (Phi) is 4.34. The third-order valence-corrected chi connectivity index (χ3v) is 5.99. The smallest absolute Gasteiger partial charge is 0.306 e. The minimum Gasteiger partial charge on any atom is -0.481 e. The molecule has 1 aliphatic heterocycles. The maximum Gasteiger partial charge on any atom is 0.306 e. The zero-order valence-corrected chi connectivity index (χ0v) is 12.6. The van der Waals surface area contributed by atoms with Crippen LogP contribution in [-0.2, 0) is 4.79 Å². The fraction of sp³-hybridized carbons (Fsp3) is 0.941. The van der Waals surface area contributed by atoms with Crippen LogP contribution in [0.15, 0.2) is 0 Å². The van der Waals surface area contributed by atoms with Crippen LogP contribution in [0.3, 0.4) is 0 Å². The van der Waals surface area contributed by atoms with Crippen molar-refractivity contribution in [1.29, 1.82) is 0 Å². The summed E-state index contributed by atoms with van der Waals surface area (Å²) in [5.41, 5.74) is 0.675. The first kappa shape index (κ1) is 14.4. The second-order valence-electron chi connectivity index (χ2n) is 7.64. The van der Waals surface area contributed by atoms with Gasteiger partial charge >= 0.3 is 5.97 Å². The van der Waals surface area contributed by atoms with E-state index in [-0.39, 0.29) is 5.92 Å². The van der Waals surface area contributed by atoms with Gasteiger partial charge in [0.15, 0.2) is 0 Å². The molecule has 2 aliphatic carbocycles. The van der Waals surface area contributed by atoms with E-state index < -0.39 is 5.97 Å². The van der Waals surface area contributed by atoms with Gasteiger partial charge in [-0.3, -0.25) is 4.79 Å². The van der Waals surface area contributed by atoms with E-state index in [4.69, 9.17) is 5.11 Å². The molecule has 0 radical (unpaired) electrons. The molecule has 3 fully saturated rings. The quantitative estimate of drug-likeness (QED) is 0.859. The predicted molar refractivity (Wildman–Crippen MR) is 79.7 cm³/mol. The van der Waals surface area contributed by atoms with Gasteiger partial charge in [0, 0.05) is 19.6 Å². The molecular weight excluding hydrogens is 250 g/mol. The van der Waals surface area contributed by atoms with Crippen LogP contribution >= 0.6 is 0 Å². The van der Waals surface area contributed by atoms with Gasteiger partial charge in [-0.1, -0.05) is 25.7 Å². The maximum absolute atomic E-state index is 11.0. The molecule has 1 N–H and O–H groups in total. The average molecular weight is 279 g/mol. The molecule has 0 atom stereocenters. The minimum absolute atomic E-state index is 0.0594. The highest BCUT2D eigenvalue weighted by molar-refractivity contribution is 5.69. The Bertz CT molecular complexity index is 331. The van der Waals surface area contributed by atoms with E-state index in [1.165, 1.54) is 58.2 Å². The predicted octanol–water partition coefficient (Wildman–Crippen LogP) is 3.53. The summed E-state index contributed by atoms with van der Waals surface area (Å²) in [5, 5.41) is 9.05. The highest BCUT2D eigenvalue weighted by Gasteiger charge is 2.43. The third-order valence-electron chi connectivity index (χ3n) is 5.99. The van der Waals surface area contributed by atoms with Gasteiger partial charge in [0.2, 0.25) is 0 Å². The molecule has 3 aliphatic rings. The zero-order valence-electron chi connectivity index (χ0n) is 12.6. The molecule has 0 aromatic rings. The lowest BCUT2D eigenvalue weighted by atomic mass is 9.72. The lowest BCUT2D eigenvalue weighted by Crippen LogP contribution is -2.57. The van der Waals surface area contributed by atoms with Gasteiger partial charge in [-0.25, -0.2) is 0 Å². The molecule has 3 rings (SSSR count). The third kappa shape index (κ3) is 3.19. The highest BCUT2D eigenvalue weighted by atomic mass is 16.4. The van der Waals surface area contributed by atoms with Crippen LogP contribution in [0.4, 0.5) is 0 Å². The van der Waals surface area contributed by atoms with Crippen molar-refractivity contribution in [3.8, 4) is 0 Å². The van der Waals surface area contributed by atoms with Gasteiger partial charge in [-0.05, 0) is 49.9 Å². The van der Waals surface area contributed by atoms with Gasteiger partial charge in [-0.15, -0.1) is 0 Å². The largest absolute Gasteiger partial charge is 0.481 e. The number of carbonyl (C=O) groups is 1. The van der Waals surface area contributed by atoms with Crippen molar-refractivity contribution in [2.24, 2.45) is 17.3 Å². The summed E-state index contributed by atoms with van der Waals surface area (Å²) < 4.78 is 0. The molecule has 3 nitrogen and oxygen atoms in total. The summed E-state index contributed by atoms with van der Waals surface area (Å²) >= 11 is 0. The van der Waals surface area contributed by atoms with E-state index >= 15 is 0 Å². The van der Waals surface area contributed by atoms with Gasteiger partial charge in [0.1, 0.15) is 0 Å². The van der Waals surface area contributed by atoms with E-state index in [9.17, 15) is 4.79 Å². The van der Waals surface area contributed by atoms with E-state index in [1.54, 1.807) is 0 Å². The van der Waals surface area contributed by atoms with Crippen molar-refractivity contribution in [2.75, 3.05) is 19.6 Å². The Balaban J connectivity index is 1.40. The molecule has 0 bridgehead atoms. The summed E-state index contributed by atoms with van der Waals surface area (Å²) in [7, 11) is 0. The van der Waals surface area contributed by atoms with Crippen molar-refractivity contribution in [3.05, 3.63) is 0 Å². The molecular formula is C17H29NO2. The summed E-state index contributed by atoms with van der Waals surface area (Å²) in [6, 6.07) is 0. The normalized spacial score (nSPS) is 34.4. The molecule has 1 spiro atoms. The van der Waals surface area contributed by atoms with Gasteiger partial charge < -0.3 is 10.0 Å². The number of likely N-dealkylation sites (tertiary alicyclic amines) is 1. The van der Waals surface area contributed by atoms with E-state index in [1.807, 2.05) is 0 Å². The molecule has 0 aromatic carbocycles. The first-order chi connectivity index (χ1) is 9.67. The number of carboxylic acids is 1. The van der Waals surface area contributed by atoms with E-state index in [0.717, 1.165) is 31.6 Å². The van der Waals surface area contributed by atoms with Crippen LogP contribution in [0, 0.1) is 17.3 Å².